The number of hydrogen-bond donors (Lipinski definition) is 3. The van der Waals surface area contributed by atoms with Crippen molar-refractivity contribution in [2.24, 2.45) is 4.99 Å². The zero-order valence-electron chi connectivity index (χ0n) is 14.9. The summed E-state index contributed by atoms with van der Waals surface area (Å²) < 4.78 is 10.4. The van der Waals surface area contributed by atoms with Gasteiger partial charge in [0.05, 0.1) is 30.4 Å². The van der Waals surface area contributed by atoms with E-state index in [2.05, 4.69) is 10.3 Å². The van der Waals surface area contributed by atoms with Crippen LogP contribution in [0.5, 0.6) is 17.2 Å². The Balaban J connectivity index is 1.89. The molecule has 9 heteroatoms. The summed E-state index contributed by atoms with van der Waals surface area (Å²) in [4.78, 5) is 28.1. The summed E-state index contributed by atoms with van der Waals surface area (Å²) in [6.45, 7) is 0. The van der Waals surface area contributed by atoms with Gasteiger partial charge < -0.3 is 25.0 Å². The number of phenols is 1. The third kappa shape index (κ3) is 4.09. The number of nitrogens with zero attached hydrogens (tertiary/aromatic N) is 1. The van der Waals surface area contributed by atoms with Crippen LogP contribution in [0.4, 0.5) is 5.69 Å². The van der Waals surface area contributed by atoms with Crippen LogP contribution in [0.1, 0.15) is 15.9 Å². The van der Waals surface area contributed by atoms with Crippen molar-refractivity contribution in [2.45, 2.75) is 0 Å². The van der Waals surface area contributed by atoms with E-state index in [1.807, 2.05) is 0 Å². The first-order valence-corrected chi connectivity index (χ1v) is 8.81. The Labute approximate surface area is 164 Å². The van der Waals surface area contributed by atoms with Gasteiger partial charge in [-0.3, -0.25) is 4.79 Å². The van der Waals surface area contributed by atoms with Crippen LogP contribution in [0.2, 0.25) is 0 Å². The number of carbonyl (C=O) groups is 2. The highest BCUT2D eigenvalue weighted by atomic mass is 32.2. The molecule has 0 radical (unpaired) electrons. The molecule has 3 rings (SSSR count). The van der Waals surface area contributed by atoms with Crippen molar-refractivity contribution in [1.29, 1.82) is 0 Å². The summed E-state index contributed by atoms with van der Waals surface area (Å²) in [5.74, 6) is -0.661. The molecule has 0 aromatic heterocycles. The van der Waals surface area contributed by atoms with Crippen molar-refractivity contribution in [3.05, 3.63) is 52.4 Å². The number of hydrogen-bond acceptors (Lipinski definition) is 7. The molecule has 2 aromatic rings. The molecule has 1 amide bonds. The molecule has 0 saturated carbocycles. The number of rotatable bonds is 5. The number of amides is 1. The van der Waals surface area contributed by atoms with Gasteiger partial charge in [0.15, 0.2) is 16.7 Å². The SMILES string of the molecule is COc1ccc(/C=C2\SC(=Nc3ccc(O)cc3C(=O)O)NC2=O)cc1OC. The van der Waals surface area contributed by atoms with E-state index in [-0.39, 0.29) is 28.1 Å². The van der Waals surface area contributed by atoms with Crippen LogP contribution in [0.3, 0.4) is 0 Å². The van der Waals surface area contributed by atoms with E-state index in [0.29, 0.717) is 16.4 Å². The largest absolute Gasteiger partial charge is 0.508 e. The van der Waals surface area contributed by atoms with E-state index < -0.39 is 5.97 Å². The first kappa shape index (κ1) is 19.3. The lowest BCUT2D eigenvalue weighted by Crippen LogP contribution is -2.19. The number of carbonyl (C=O) groups excluding carboxylic acids is 1. The van der Waals surface area contributed by atoms with Gasteiger partial charge in [-0.05, 0) is 53.7 Å². The summed E-state index contributed by atoms with van der Waals surface area (Å²) in [5, 5.41) is 21.5. The maximum absolute atomic E-state index is 12.2. The number of carboxylic acids is 1. The maximum Gasteiger partial charge on any atom is 0.338 e. The van der Waals surface area contributed by atoms with Crippen molar-refractivity contribution in [3.8, 4) is 17.2 Å². The standard InChI is InChI=1S/C19H16N2O6S/c1-26-14-6-3-10(7-15(14)27-2)8-16-17(23)21-19(28-16)20-13-5-4-11(22)9-12(13)18(24)25/h3-9,22H,1-2H3,(H,24,25)(H,20,21,23)/b16-8-. The number of nitrogens with one attached hydrogen (secondary N) is 1. The molecule has 8 nitrogen and oxygen atoms in total. The minimum Gasteiger partial charge on any atom is -0.508 e. The summed E-state index contributed by atoms with van der Waals surface area (Å²) in [5.41, 5.74) is 0.688. The highest BCUT2D eigenvalue weighted by Crippen LogP contribution is 2.33. The first-order valence-electron chi connectivity index (χ1n) is 7.99. The Hall–Kier alpha value is -3.46. The van der Waals surface area contributed by atoms with Crippen LogP contribution in [0.25, 0.3) is 6.08 Å². The van der Waals surface area contributed by atoms with Gasteiger partial charge in [-0.15, -0.1) is 0 Å². The molecule has 1 saturated heterocycles. The molecular formula is C19H16N2O6S. The molecule has 0 unspecified atom stereocenters. The second-order valence-corrected chi connectivity index (χ2v) is 6.63. The van der Waals surface area contributed by atoms with Gasteiger partial charge in [0.1, 0.15) is 5.75 Å². The highest BCUT2D eigenvalue weighted by Gasteiger charge is 2.24. The van der Waals surface area contributed by atoms with Gasteiger partial charge in [-0.2, -0.15) is 0 Å². The summed E-state index contributed by atoms with van der Waals surface area (Å²) >= 11 is 1.08. The molecule has 0 spiro atoms. The number of aromatic hydroxyl groups is 1. The Morgan fingerprint density at radius 1 is 1.14 bits per heavy atom. The van der Waals surface area contributed by atoms with Crippen LogP contribution in [-0.2, 0) is 4.79 Å². The zero-order chi connectivity index (χ0) is 20.3. The molecule has 0 atom stereocenters. The fourth-order valence-corrected chi connectivity index (χ4v) is 3.31. The number of benzene rings is 2. The number of thioether (sulfide) groups is 1. The van der Waals surface area contributed by atoms with Crippen LogP contribution in [-0.4, -0.2) is 41.5 Å². The van der Waals surface area contributed by atoms with Crippen molar-refractivity contribution in [1.82, 2.24) is 5.32 Å². The number of phenolic OH excluding ortho intramolecular Hbond substituents is 1. The van der Waals surface area contributed by atoms with Crippen molar-refractivity contribution >= 4 is 40.6 Å². The third-order valence-corrected chi connectivity index (χ3v) is 4.70. The van der Waals surface area contributed by atoms with Crippen molar-refractivity contribution in [3.63, 3.8) is 0 Å². The van der Waals surface area contributed by atoms with Gasteiger partial charge in [0.25, 0.3) is 5.91 Å². The van der Waals surface area contributed by atoms with Crippen LogP contribution >= 0.6 is 11.8 Å². The van der Waals surface area contributed by atoms with Gasteiger partial charge >= 0.3 is 5.97 Å². The van der Waals surface area contributed by atoms with E-state index >= 15 is 0 Å². The molecule has 2 aromatic carbocycles. The smallest absolute Gasteiger partial charge is 0.338 e. The van der Waals surface area contributed by atoms with Crippen molar-refractivity contribution in [2.75, 3.05) is 14.2 Å². The molecule has 1 fully saturated rings. The topological polar surface area (TPSA) is 117 Å². The molecule has 1 aliphatic rings. The van der Waals surface area contributed by atoms with Gasteiger partial charge in [0.2, 0.25) is 0 Å². The minimum absolute atomic E-state index is 0.125. The van der Waals surface area contributed by atoms with Crippen LogP contribution in [0, 0.1) is 0 Å². The lowest BCUT2D eigenvalue weighted by Gasteiger charge is -2.07. The van der Waals surface area contributed by atoms with Gasteiger partial charge in [-0.1, -0.05) is 6.07 Å². The second kappa shape index (κ2) is 8.05. The number of methoxy groups -OCH3 is 2. The van der Waals surface area contributed by atoms with Crippen LogP contribution in [0.15, 0.2) is 46.3 Å². The summed E-state index contributed by atoms with van der Waals surface area (Å²) in [7, 11) is 3.06. The fourth-order valence-electron chi connectivity index (χ4n) is 2.48. The van der Waals surface area contributed by atoms with E-state index in [0.717, 1.165) is 23.4 Å². The summed E-state index contributed by atoms with van der Waals surface area (Å²) in [6, 6.07) is 9.04. The predicted octanol–water partition coefficient (Wildman–Crippen LogP) is 3.00. The molecule has 1 aliphatic heterocycles. The Morgan fingerprint density at radius 2 is 1.89 bits per heavy atom. The number of carboxylic acid groups (broad SMARTS) is 1. The van der Waals surface area contributed by atoms with Crippen molar-refractivity contribution < 1.29 is 29.3 Å². The molecule has 1 heterocycles. The number of amidine groups is 1. The highest BCUT2D eigenvalue weighted by molar-refractivity contribution is 8.18. The Kier molecular flexibility index (Phi) is 5.55. The van der Waals surface area contributed by atoms with Crippen LogP contribution < -0.4 is 14.8 Å². The Morgan fingerprint density at radius 3 is 2.57 bits per heavy atom. The fraction of sp³-hybridized carbons (Fsp3) is 0.105. The lowest BCUT2D eigenvalue weighted by atomic mass is 10.2. The molecule has 0 aliphatic carbocycles. The monoisotopic (exact) mass is 400 g/mol. The van der Waals surface area contributed by atoms with Gasteiger partial charge in [-0.25, -0.2) is 9.79 Å². The van der Waals surface area contributed by atoms with E-state index in [4.69, 9.17) is 9.47 Å². The molecule has 144 valence electrons. The normalized spacial score (nSPS) is 16.3. The first-order chi connectivity index (χ1) is 13.4. The average Bonchev–Trinajstić information content (AvgIpc) is 3.01. The molecule has 3 N–H and O–H groups in total. The predicted molar refractivity (Wildman–Crippen MR) is 105 cm³/mol. The number of aromatic carboxylic acids is 1. The molecule has 0 bridgehead atoms. The number of ether oxygens (including phenoxy) is 2. The minimum atomic E-state index is -1.23. The van der Waals surface area contributed by atoms with E-state index in [1.165, 1.54) is 26.4 Å². The van der Waals surface area contributed by atoms with E-state index in [9.17, 15) is 19.8 Å². The molecular weight excluding hydrogens is 384 g/mol. The lowest BCUT2D eigenvalue weighted by molar-refractivity contribution is -0.115. The number of aliphatic imine (C=N–C) groups is 1. The molecule has 28 heavy (non-hydrogen) atoms. The zero-order valence-corrected chi connectivity index (χ0v) is 15.7. The van der Waals surface area contributed by atoms with Gasteiger partial charge in [0, 0.05) is 0 Å². The quantitative estimate of drug-likeness (QED) is 0.661. The third-order valence-electron chi connectivity index (χ3n) is 3.79. The second-order valence-electron chi connectivity index (χ2n) is 5.60. The van der Waals surface area contributed by atoms with E-state index in [1.54, 1.807) is 24.3 Å². The summed E-state index contributed by atoms with van der Waals surface area (Å²) in [6.07, 6.45) is 1.67. The Bertz CT molecular complexity index is 1020. The maximum atomic E-state index is 12.2. The average molecular weight is 400 g/mol.